The molecule has 3 aliphatic heterocycles. The third kappa shape index (κ3) is 7.84. The van der Waals surface area contributed by atoms with Gasteiger partial charge in [0.25, 0.3) is 17.6 Å². The van der Waals surface area contributed by atoms with Gasteiger partial charge < -0.3 is 35.8 Å². The molecule has 17 nitrogen and oxygen atoms in total. The molecule has 7 rings (SSSR count). The fourth-order valence-electron chi connectivity index (χ4n) is 6.34. The Labute approximate surface area is 314 Å². The van der Waals surface area contributed by atoms with E-state index in [2.05, 4.69) is 10.3 Å². The number of thioether (sulfide) groups is 1. The minimum absolute atomic E-state index is 0.0153. The van der Waals surface area contributed by atoms with Crippen molar-refractivity contribution in [2.45, 2.75) is 36.5 Å². The highest BCUT2D eigenvalue weighted by molar-refractivity contribution is 8.00. The highest BCUT2D eigenvalue weighted by atomic mass is 32.2. The van der Waals surface area contributed by atoms with E-state index in [1.807, 2.05) is 9.80 Å². The second-order valence-corrected chi connectivity index (χ2v) is 14.7. The molecule has 3 aromatic rings. The number of rotatable bonds is 9. The summed E-state index contributed by atoms with van der Waals surface area (Å²) in [6.45, 7) is 1.93. The van der Waals surface area contributed by atoms with Crippen molar-refractivity contribution < 1.29 is 61.6 Å². The van der Waals surface area contributed by atoms with Crippen molar-refractivity contribution in [3.05, 3.63) is 62.3 Å². The summed E-state index contributed by atoms with van der Waals surface area (Å²) in [6.07, 6.45) is -2.09. The van der Waals surface area contributed by atoms with Gasteiger partial charge in [0.05, 0.1) is 11.2 Å². The van der Waals surface area contributed by atoms with E-state index in [0.717, 1.165) is 35.1 Å². The van der Waals surface area contributed by atoms with Crippen LogP contribution in [0.3, 0.4) is 0 Å². The third-order valence-electron chi connectivity index (χ3n) is 9.14. The van der Waals surface area contributed by atoms with E-state index in [4.69, 9.17) is 15.6 Å². The van der Waals surface area contributed by atoms with E-state index in [1.165, 1.54) is 23.3 Å². The van der Waals surface area contributed by atoms with Gasteiger partial charge in [-0.2, -0.15) is 13.2 Å². The summed E-state index contributed by atoms with van der Waals surface area (Å²) in [5.74, 6) is -8.39. The van der Waals surface area contributed by atoms with Crippen LogP contribution in [0.1, 0.15) is 39.7 Å². The highest BCUT2D eigenvalue weighted by Crippen LogP contribution is 2.41. The molecule has 1 aliphatic carbocycles. The van der Waals surface area contributed by atoms with Crippen LogP contribution in [0.2, 0.25) is 0 Å². The van der Waals surface area contributed by atoms with Crippen molar-refractivity contribution >= 4 is 80.3 Å². The number of fused-ring (bicyclic) bond motifs is 2. The molecule has 0 spiro atoms. The molecule has 3 fully saturated rings. The number of β-lactam (4-membered cyclic amide) rings is 1. The molecule has 23 heteroatoms. The Bertz CT molecular complexity index is 2230. The number of pyridine rings is 1. The molecule has 292 valence electrons. The van der Waals surface area contributed by atoms with Gasteiger partial charge in [-0.3, -0.25) is 29.0 Å². The molecule has 2 atom stereocenters. The Morgan fingerprint density at radius 3 is 2.20 bits per heavy atom. The second kappa shape index (κ2) is 14.9. The van der Waals surface area contributed by atoms with Gasteiger partial charge in [-0.1, -0.05) is 0 Å². The lowest BCUT2D eigenvalue weighted by molar-refractivity contribution is -0.192. The first-order chi connectivity index (χ1) is 25.9. The van der Waals surface area contributed by atoms with Gasteiger partial charge in [-0.25, -0.2) is 23.8 Å². The van der Waals surface area contributed by atoms with Crippen LogP contribution in [-0.2, 0) is 19.2 Å². The number of amides is 2. The Morgan fingerprint density at radius 1 is 1.00 bits per heavy atom. The van der Waals surface area contributed by atoms with E-state index < -0.39 is 69.9 Å². The molecule has 2 saturated heterocycles. The lowest BCUT2D eigenvalue weighted by Crippen LogP contribution is -2.71. The first-order valence-electron chi connectivity index (χ1n) is 16.2. The van der Waals surface area contributed by atoms with Crippen LogP contribution in [0.4, 0.5) is 28.4 Å². The highest BCUT2D eigenvalue weighted by Gasteiger charge is 2.54. The molecule has 2 aromatic heterocycles. The standard InChI is InChI=1S/C30H28FN7O8S2.C2HF3O2/c31-17-7-15-19(37(14-1-2-14)10-16(23(15)39)28(43)44)8-20(17)36-5-3-35(4-6-36)9-13-11-47-27-21(26(42)38(27)22(13)29(45)46)34-25(41)24(40)18-12-48-30(32)33-18;3-2(4,5)1(6)7/h7-8,10,12,14,21,27H,1-6,9,11H2,(H2,32,33)(H,34,41)(H,43,44)(H,45,46);(H,6,7)/t21-,27-;/m1./s1. The topological polar surface area (TPSA) is 246 Å². The van der Waals surface area contributed by atoms with Crippen LogP contribution >= 0.6 is 23.1 Å². The van der Waals surface area contributed by atoms with E-state index >= 15 is 4.39 Å². The summed E-state index contributed by atoms with van der Waals surface area (Å²) >= 11 is 2.28. The van der Waals surface area contributed by atoms with Gasteiger partial charge in [0.15, 0.2) is 5.13 Å². The van der Waals surface area contributed by atoms with E-state index in [9.17, 15) is 52.2 Å². The normalized spacial score (nSPS) is 20.0. The van der Waals surface area contributed by atoms with Crippen molar-refractivity contribution in [2.24, 2.45) is 0 Å². The molecule has 1 aromatic carbocycles. The number of anilines is 2. The van der Waals surface area contributed by atoms with E-state index in [0.29, 0.717) is 37.3 Å². The number of nitrogens with two attached hydrogens (primary N) is 1. The van der Waals surface area contributed by atoms with Gasteiger partial charge in [0.2, 0.25) is 5.43 Å². The average Bonchev–Trinajstić information content (AvgIpc) is 3.88. The number of thiazole rings is 1. The molecule has 6 N–H and O–H groups in total. The molecule has 0 radical (unpaired) electrons. The minimum Gasteiger partial charge on any atom is -0.477 e. The molecule has 1 saturated carbocycles. The first-order valence-corrected chi connectivity index (χ1v) is 18.2. The van der Waals surface area contributed by atoms with Crippen LogP contribution in [0, 0.1) is 5.82 Å². The summed E-state index contributed by atoms with van der Waals surface area (Å²) in [7, 11) is 0. The summed E-state index contributed by atoms with van der Waals surface area (Å²) in [5, 5.41) is 29.9. The maximum absolute atomic E-state index is 15.4. The zero-order valence-electron chi connectivity index (χ0n) is 28.0. The van der Waals surface area contributed by atoms with Crippen molar-refractivity contribution in [3.63, 3.8) is 0 Å². The number of hydrogen-bond acceptors (Lipinski definition) is 13. The summed E-state index contributed by atoms with van der Waals surface area (Å²) in [5.41, 5.74) is 5.38. The van der Waals surface area contributed by atoms with Crippen LogP contribution in [0.15, 0.2) is 39.8 Å². The smallest absolute Gasteiger partial charge is 0.477 e. The van der Waals surface area contributed by atoms with Gasteiger partial charge in [-0.05, 0) is 30.5 Å². The first kappa shape index (κ1) is 39.2. The number of aromatic nitrogens is 2. The number of benzene rings is 1. The largest absolute Gasteiger partial charge is 0.490 e. The molecule has 5 heterocycles. The molecular formula is C32H29F4N7O10S2. The number of carbonyl (C=O) groups excluding carboxylic acids is 3. The Balaban J connectivity index is 0.000000672. The SMILES string of the molecule is Nc1nc(C(=O)C(=O)N[C@@H]2C(=O)N3C(C(=O)O)=C(CN4CCN(c5cc6c(cc5F)c(=O)c(C(=O)O)cn6C5CC5)CC4)CS[C@H]23)cs1.O=C(O)C(F)(F)F. The number of ketones is 1. The number of carbonyl (C=O) groups is 6. The average molecular weight is 812 g/mol. The van der Waals surface area contributed by atoms with Gasteiger partial charge in [0, 0.05) is 61.5 Å². The number of hydrogen-bond donors (Lipinski definition) is 5. The number of alkyl halides is 3. The number of Topliss-reactive ketones (excluding diaryl/α,β-unsaturated/α-hetero) is 1. The third-order valence-corrected chi connectivity index (χ3v) is 11.2. The minimum atomic E-state index is -5.08. The van der Waals surface area contributed by atoms with Gasteiger partial charge >= 0.3 is 24.1 Å². The fourth-order valence-corrected chi connectivity index (χ4v) is 8.22. The van der Waals surface area contributed by atoms with Crippen molar-refractivity contribution in [1.29, 1.82) is 0 Å². The Morgan fingerprint density at radius 2 is 1.65 bits per heavy atom. The molecule has 0 bridgehead atoms. The number of halogens is 4. The second-order valence-electron chi connectivity index (χ2n) is 12.7. The summed E-state index contributed by atoms with van der Waals surface area (Å²) < 4.78 is 48.9. The van der Waals surface area contributed by atoms with E-state index in [1.54, 1.807) is 10.6 Å². The van der Waals surface area contributed by atoms with Gasteiger partial charge in [0.1, 0.15) is 34.2 Å². The molecule has 2 amide bonds. The predicted molar refractivity (Wildman–Crippen MR) is 186 cm³/mol. The number of nitrogen functional groups attached to an aromatic ring is 1. The quantitative estimate of drug-likeness (QED) is 0.0892. The van der Waals surface area contributed by atoms with Crippen LogP contribution in [0.5, 0.6) is 0 Å². The van der Waals surface area contributed by atoms with Crippen LogP contribution in [0.25, 0.3) is 10.9 Å². The number of piperazine rings is 1. The molecule has 4 aliphatic rings. The summed E-state index contributed by atoms with van der Waals surface area (Å²) in [4.78, 5) is 92.5. The summed E-state index contributed by atoms with van der Waals surface area (Å²) in [6, 6.07) is 1.67. The number of aromatic carboxylic acids is 1. The molecule has 55 heavy (non-hydrogen) atoms. The zero-order chi connectivity index (χ0) is 40.1. The maximum Gasteiger partial charge on any atom is 0.490 e. The van der Waals surface area contributed by atoms with Crippen molar-refractivity contribution in [3.8, 4) is 0 Å². The zero-order valence-corrected chi connectivity index (χ0v) is 29.7. The van der Waals surface area contributed by atoms with Crippen molar-refractivity contribution in [1.82, 2.24) is 24.7 Å². The molecule has 0 unspecified atom stereocenters. The van der Waals surface area contributed by atoms with Crippen molar-refractivity contribution in [2.75, 3.05) is 49.1 Å². The van der Waals surface area contributed by atoms with Crippen LogP contribution in [-0.4, -0.2) is 126 Å². The Kier molecular flexibility index (Phi) is 10.6. The maximum atomic E-state index is 15.4. The predicted octanol–water partition coefficient (Wildman–Crippen LogP) is 1.59. The Hall–Kier alpha value is -5.55. The van der Waals surface area contributed by atoms with E-state index in [-0.39, 0.29) is 45.9 Å². The number of nitrogens with zero attached hydrogens (tertiary/aromatic N) is 5. The molecular weight excluding hydrogens is 783 g/mol. The lowest BCUT2D eigenvalue weighted by atomic mass is 10.0. The number of carboxylic acids is 3. The lowest BCUT2D eigenvalue weighted by Gasteiger charge is -2.49. The number of nitrogens with one attached hydrogen (secondary N) is 1. The monoisotopic (exact) mass is 811 g/mol. The number of carboxylic acid groups (broad SMARTS) is 3. The van der Waals surface area contributed by atoms with Crippen LogP contribution < -0.4 is 21.4 Å². The van der Waals surface area contributed by atoms with Gasteiger partial charge in [-0.15, -0.1) is 23.1 Å². The fraction of sp³-hybridized carbons (Fsp3) is 0.375. The number of aliphatic carboxylic acids is 2.